The van der Waals surface area contributed by atoms with Crippen LogP contribution < -0.4 is 0 Å². The van der Waals surface area contributed by atoms with E-state index >= 15 is 0 Å². The van der Waals surface area contributed by atoms with Crippen molar-refractivity contribution in [3.63, 3.8) is 0 Å². The summed E-state index contributed by atoms with van der Waals surface area (Å²) in [5, 5.41) is 0. The Kier molecular flexibility index (Phi) is 4.19. The van der Waals surface area contributed by atoms with Crippen LogP contribution in [0.15, 0.2) is 34.8 Å². The van der Waals surface area contributed by atoms with Crippen LogP contribution in [-0.4, -0.2) is 5.78 Å². The van der Waals surface area contributed by atoms with Gasteiger partial charge in [0.15, 0.2) is 0 Å². The molecule has 1 nitrogen and oxygen atoms in total. The number of halogens is 2. The zero-order chi connectivity index (χ0) is 14.2. The van der Waals surface area contributed by atoms with Crippen molar-refractivity contribution in [3.05, 3.63) is 55.1 Å². The van der Waals surface area contributed by atoms with Crippen molar-refractivity contribution in [2.45, 2.75) is 26.2 Å². The van der Waals surface area contributed by atoms with Crippen LogP contribution in [0.4, 0.5) is 0 Å². The number of thiophene rings is 1. The molecule has 2 aromatic rings. The van der Waals surface area contributed by atoms with Gasteiger partial charge in [0.2, 0.25) is 5.78 Å². The number of carbonyl (C=O) groups is 1. The van der Waals surface area contributed by atoms with Gasteiger partial charge in [-0.25, -0.2) is 0 Å². The molecule has 0 atom stereocenters. The van der Waals surface area contributed by atoms with E-state index in [-0.39, 0.29) is 11.2 Å². The van der Waals surface area contributed by atoms with Gasteiger partial charge in [0.25, 0.3) is 0 Å². The molecule has 19 heavy (non-hydrogen) atoms. The Morgan fingerprint density at radius 2 is 1.79 bits per heavy atom. The maximum atomic E-state index is 12.3. The van der Waals surface area contributed by atoms with E-state index in [2.05, 4.69) is 36.7 Å². The lowest BCUT2D eigenvalue weighted by atomic mass is 9.86. The molecule has 0 saturated heterocycles. The van der Waals surface area contributed by atoms with Gasteiger partial charge < -0.3 is 0 Å². The number of hydrogen-bond acceptors (Lipinski definition) is 2. The molecule has 0 aliphatic carbocycles. The fourth-order valence-electron chi connectivity index (χ4n) is 1.72. The molecular formula is C15H14BrClOS. The zero-order valence-corrected chi connectivity index (χ0v) is 14.1. The fourth-order valence-corrected chi connectivity index (χ4v) is 3.39. The van der Waals surface area contributed by atoms with Gasteiger partial charge in [-0.05, 0) is 33.0 Å². The van der Waals surface area contributed by atoms with Crippen molar-refractivity contribution in [1.82, 2.24) is 0 Å². The van der Waals surface area contributed by atoms with E-state index in [0.717, 1.165) is 4.47 Å². The summed E-state index contributed by atoms with van der Waals surface area (Å²) in [5.41, 5.74) is 2.00. The lowest BCUT2D eigenvalue weighted by molar-refractivity contribution is 0.104. The monoisotopic (exact) mass is 356 g/mol. The van der Waals surface area contributed by atoms with Crippen molar-refractivity contribution >= 4 is 44.7 Å². The van der Waals surface area contributed by atoms with Gasteiger partial charge in [-0.2, -0.15) is 0 Å². The molecule has 0 fully saturated rings. The number of hydrogen-bond donors (Lipinski definition) is 0. The zero-order valence-electron chi connectivity index (χ0n) is 11.0. The summed E-state index contributed by atoms with van der Waals surface area (Å²) in [4.78, 5) is 13.0. The third-order valence-electron chi connectivity index (χ3n) is 2.88. The quantitative estimate of drug-likeness (QED) is 0.631. The first-order chi connectivity index (χ1) is 8.79. The molecule has 1 aromatic carbocycles. The molecule has 0 aliphatic heterocycles. The highest BCUT2D eigenvalue weighted by Crippen LogP contribution is 2.33. The summed E-state index contributed by atoms with van der Waals surface area (Å²) in [6.45, 7) is 6.46. The molecule has 0 amide bonds. The Bertz CT molecular complexity index is 589. The Morgan fingerprint density at radius 1 is 1.21 bits per heavy atom. The first kappa shape index (κ1) is 14.8. The maximum absolute atomic E-state index is 12.3. The van der Waals surface area contributed by atoms with Crippen LogP contribution in [-0.2, 0) is 5.41 Å². The van der Waals surface area contributed by atoms with E-state index in [1.54, 1.807) is 6.07 Å². The van der Waals surface area contributed by atoms with Gasteiger partial charge in [-0.1, -0.05) is 56.6 Å². The van der Waals surface area contributed by atoms with E-state index in [4.69, 9.17) is 11.6 Å². The van der Waals surface area contributed by atoms with Gasteiger partial charge in [0.1, 0.15) is 4.34 Å². The molecule has 0 bridgehead atoms. The SMILES string of the molecule is CC(C)(C)c1ccc(C(=O)c2cc(Br)c(Cl)s2)cc1. The number of ketones is 1. The first-order valence-corrected chi connectivity index (χ1v) is 7.88. The molecular weight excluding hydrogens is 344 g/mol. The summed E-state index contributed by atoms with van der Waals surface area (Å²) in [7, 11) is 0. The molecule has 0 spiro atoms. The molecule has 0 N–H and O–H groups in total. The number of rotatable bonds is 2. The molecule has 1 heterocycles. The van der Waals surface area contributed by atoms with Crippen LogP contribution in [0.25, 0.3) is 0 Å². The average molecular weight is 358 g/mol. The molecule has 0 aliphatic rings. The minimum Gasteiger partial charge on any atom is -0.288 e. The highest BCUT2D eigenvalue weighted by atomic mass is 79.9. The Balaban J connectivity index is 2.30. The average Bonchev–Trinajstić information content (AvgIpc) is 2.68. The molecule has 0 saturated carbocycles. The second-order valence-corrected chi connectivity index (χ2v) is 7.90. The van der Waals surface area contributed by atoms with Crippen LogP contribution >= 0.6 is 38.9 Å². The molecule has 0 radical (unpaired) electrons. The van der Waals surface area contributed by atoms with Crippen LogP contribution in [0, 0.1) is 0 Å². The van der Waals surface area contributed by atoms with E-state index in [0.29, 0.717) is 14.8 Å². The predicted molar refractivity (Wildman–Crippen MR) is 85.6 cm³/mol. The molecule has 2 rings (SSSR count). The third-order valence-corrected chi connectivity index (χ3v) is 5.36. The van der Waals surface area contributed by atoms with Gasteiger partial charge in [-0.3, -0.25) is 4.79 Å². The topological polar surface area (TPSA) is 17.1 Å². The molecule has 100 valence electrons. The second-order valence-electron chi connectivity index (χ2n) is 5.39. The van der Waals surface area contributed by atoms with E-state index in [1.165, 1.54) is 16.9 Å². The summed E-state index contributed by atoms with van der Waals surface area (Å²) in [6.07, 6.45) is 0. The number of carbonyl (C=O) groups excluding carboxylic acids is 1. The van der Waals surface area contributed by atoms with Crippen LogP contribution in [0.5, 0.6) is 0 Å². The fraction of sp³-hybridized carbons (Fsp3) is 0.267. The van der Waals surface area contributed by atoms with E-state index in [1.807, 2.05) is 24.3 Å². The lowest BCUT2D eigenvalue weighted by Gasteiger charge is -2.18. The minimum atomic E-state index is 0.0121. The number of benzene rings is 1. The Labute approximate surface area is 130 Å². The molecule has 4 heteroatoms. The summed E-state index contributed by atoms with van der Waals surface area (Å²) >= 11 is 10.6. The smallest absolute Gasteiger partial charge is 0.203 e. The largest absolute Gasteiger partial charge is 0.288 e. The Morgan fingerprint density at radius 3 is 2.21 bits per heavy atom. The van der Waals surface area contributed by atoms with Crippen LogP contribution in [0.2, 0.25) is 4.34 Å². The predicted octanol–water partition coefficient (Wildman–Crippen LogP) is 5.69. The second kappa shape index (κ2) is 5.39. The molecule has 1 aromatic heterocycles. The highest BCUT2D eigenvalue weighted by Gasteiger charge is 2.17. The Hall–Kier alpha value is -0.640. The first-order valence-electron chi connectivity index (χ1n) is 5.89. The van der Waals surface area contributed by atoms with Crippen molar-refractivity contribution in [3.8, 4) is 0 Å². The highest BCUT2D eigenvalue weighted by molar-refractivity contribution is 9.10. The maximum Gasteiger partial charge on any atom is 0.203 e. The standard InChI is InChI=1S/C15H14BrClOS/c1-15(2,3)10-6-4-9(5-7-10)13(18)12-8-11(16)14(17)19-12/h4-8H,1-3H3. The minimum absolute atomic E-state index is 0.0121. The van der Waals surface area contributed by atoms with Crippen LogP contribution in [0.1, 0.15) is 41.6 Å². The van der Waals surface area contributed by atoms with Crippen molar-refractivity contribution in [2.24, 2.45) is 0 Å². The van der Waals surface area contributed by atoms with Gasteiger partial charge >= 0.3 is 0 Å². The van der Waals surface area contributed by atoms with Gasteiger partial charge in [0.05, 0.1) is 4.88 Å². The summed E-state index contributed by atoms with van der Waals surface area (Å²) < 4.78 is 1.38. The van der Waals surface area contributed by atoms with Crippen molar-refractivity contribution in [2.75, 3.05) is 0 Å². The van der Waals surface area contributed by atoms with Crippen LogP contribution in [0.3, 0.4) is 0 Å². The summed E-state index contributed by atoms with van der Waals surface area (Å²) in [6, 6.07) is 9.55. The van der Waals surface area contributed by atoms with Crippen molar-refractivity contribution in [1.29, 1.82) is 0 Å². The van der Waals surface area contributed by atoms with Gasteiger partial charge in [0, 0.05) is 10.0 Å². The molecule has 0 unspecified atom stereocenters. The van der Waals surface area contributed by atoms with E-state index < -0.39 is 0 Å². The third kappa shape index (κ3) is 3.28. The van der Waals surface area contributed by atoms with E-state index in [9.17, 15) is 4.79 Å². The normalized spacial score (nSPS) is 11.6. The summed E-state index contributed by atoms with van der Waals surface area (Å²) in [5.74, 6) is 0.0121. The lowest BCUT2D eigenvalue weighted by Crippen LogP contribution is -2.11. The van der Waals surface area contributed by atoms with Crippen molar-refractivity contribution < 1.29 is 4.79 Å². The van der Waals surface area contributed by atoms with Gasteiger partial charge in [-0.15, -0.1) is 11.3 Å².